The fraction of sp³-hybridized carbons (Fsp3) is 0.143. The maximum absolute atomic E-state index is 11.4. The largest absolute Gasteiger partial charge is 0.472 e. The Morgan fingerprint density at radius 3 is 2.52 bits per heavy atom. The highest BCUT2D eigenvalue weighted by Crippen LogP contribution is 2.16. The van der Waals surface area contributed by atoms with Crippen LogP contribution >= 0.6 is 0 Å². The van der Waals surface area contributed by atoms with E-state index in [1.165, 1.54) is 12.1 Å². The molecule has 2 rings (SSSR count). The molecule has 0 saturated carbocycles. The van der Waals surface area contributed by atoms with E-state index in [4.69, 9.17) is 15.9 Å². The van der Waals surface area contributed by atoms with E-state index < -0.39 is 9.84 Å². The number of aromatic nitrogens is 1. The number of sulfone groups is 1. The maximum Gasteiger partial charge on any atom is 0.224 e. The van der Waals surface area contributed by atoms with Crippen molar-refractivity contribution in [3.63, 3.8) is 0 Å². The third-order valence-electron chi connectivity index (χ3n) is 2.79. The Bertz CT molecular complexity index is 755. The standard InChI is InChI=1S/C14H15N3O3S/c1-21(18,19)11-6-4-10(5-7-11)9-20-14-12(13(15)16)3-2-8-17-14/h2-8H,9H2,1H3,(H3,15,16). The Morgan fingerprint density at radius 1 is 1.29 bits per heavy atom. The molecule has 3 N–H and O–H groups in total. The number of rotatable bonds is 5. The molecule has 110 valence electrons. The fourth-order valence-electron chi connectivity index (χ4n) is 1.70. The van der Waals surface area contributed by atoms with Crippen molar-refractivity contribution in [2.45, 2.75) is 11.5 Å². The van der Waals surface area contributed by atoms with Crippen LogP contribution in [0.2, 0.25) is 0 Å². The summed E-state index contributed by atoms with van der Waals surface area (Å²) in [6, 6.07) is 9.72. The zero-order valence-electron chi connectivity index (χ0n) is 11.4. The minimum Gasteiger partial charge on any atom is -0.472 e. The third-order valence-corrected chi connectivity index (χ3v) is 3.92. The molecule has 0 fully saturated rings. The molecule has 2 aromatic rings. The number of nitrogens with zero attached hydrogens (tertiary/aromatic N) is 1. The lowest BCUT2D eigenvalue weighted by Gasteiger charge is -2.09. The highest BCUT2D eigenvalue weighted by Gasteiger charge is 2.09. The summed E-state index contributed by atoms with van der Waals surface area (Å²) in [6.45, 7) is 0.210. The van der Waals surface area contributed by atoms with E-state index in [0.29, 0.717) is 5.56 Å². The number of benzene rings is 1. The van der Waals surface area contributed by atoms with Gasteiger partial charge in [0.05, 0.1) is 10.5 Å². The van der Waals surface area contributed by atoms with Gasteiger partial charge in [-0.15, -0.1) is 0 Å². The minimum absolute atomic E-state index is 0.120. The van der Waals surface area contributed by atoms with Gasteiger partial charge in [-0.25, -0.2) is 13.4 Å². The molecule has 0 aliphatic rings. The smallest absolute Gasteiger partial charge is 0.224 e. The number of hydrogen-bond donors (Lipinski definition) is 2. The summed E-state index contributed by atoms with van der Waals surface area (Å²) < 4.78 is 28.3. The molecule has 0 spiro atoms. The molecule has 0 aliphatic heterocycles. The summed E-state index contributed by atoms with van der Waals surface area (Å²) >= 11 is 0. The second kappa shape index (κ2) is 5.92. The van der Waals surface area contributed by atoms with Crippen molar-refractivity contribution in [3.05, 3.63) is 53.7 Å². The molecule has 1 aromatic heterocycles. The first-order valence-corrected chi connectivity index (χ1v) is 7.98. The summed E-state index contributed by atoms with van der Waals surface area (Å²) in [6.07, 6.45) is 2.71. The van der Waals surface area contributed by atoms with Crippen molar-refractivity contribution in [1.82, 2.24) is 4.98 Å². The van der Waals surface area contributed by atoms with Crippen LogP contribution in [0.5, 0.6) is 5.88 Å². The van der Waals surface area contributed by atoms with Crippen LogP contribution in [0.25, 0.3) is 0 Å². The van der Waals surface area contributed by atoms with Crippen LogP contribution in [0.1, 0.15) is 11.1 Å². The van der Waals surface area contributed by atoms with Crippen molar-refractivity contribution < 1.29 is 13.2 Å². The van der Waals surface area contributed by atoms with E-state index in [1.807, 2.05) is 0 Å². The highest BCUT2D eigenvalue weighted by atomic mass is 32.2. The number of hydrogen-bond acceptors (Lipinski definition) is 5. The molecule has 0 unspecified atom stereocenters. The van der Waals surface area contributed by atoms with Crippen molar-refractivity contribution in [2.75, 3.05) is 6.26 Å². The Kier molecular flexibility index (Phi) is 4.23. The average molecular weight is 305 g/mol. The van der Waals surface area contributed by atoms with Gasteiger partial charge < -0.3 is 10.5 Å². The van der Waals surface area contributed by atoms with Crippen LogP contribution in [0.3, 0.4) is 0 Å². The average Bonchev–Trinajstić information content (AvgIpc) is 2.45. The topological polar surface area (TPSA) is 106 Å². The van der Waals surface area contributed by atoms with E-state index in [-0.39, 0.29) is 23.2 Å². The molecule has 0 aliphatic carbocycles. The van der Waals surface area contributed by atoms with Crippen molar-refractivity contribution in [3.8, 4) is 5.88 Å². The van der Waals surface area contributed by atoms with Gasteiger partial charge in [-0.1, -0.05) is 12.1 Å². The van der Waals surface area contributed by atoms with Crippen molar-refractivity contribution in [1.29, 1.82) is 5.41 Å². The number of nitrogens with two attached hydrogens (primary N) is 1. The minimum atomic E-state index is -3.20. The van der Waals surface area contributed by atoms with Crippen LogP contribution in [0.4, 0.5) is 0 Å². The van der Waals surface area contributed by atoms with Gasteiger partial charge in [0.15, 0.2) is 9.84 Å². The summed E-state index contributed by atoms with van der Waals surface area (Å²) in [5, 5.41) is 7.45. The maximum atomic E-state index is 11.4. The highest BCUT2D eigenvalue weighted by molar-refractivity contribution is 7.90. The van der Waals surface area contributed by atoms with Crippen LogP contribution in [0.15, 0.2) is 47.5 Å². The van der Waals surface area contributed by atoms with E-state index in [2.05, 4.69) is 4.98 Å². The Balaban J connectivity index is 2.12. The molecule has 6 nitrogen and oxygen atoms in total. The van der Waals surface area contributed by atoms with Gasteiger partial charge in [0.25, 0.3) is 0 Å². The van der Waals surface area contributed by atoms with Crippen molar-refractivity contribution in [2.24, 2.45) is 5.73 Å². The van der Waals surface area contributed by atoms with Crippen LogP contribution < -0.4 is 10.5 Å². The van der Waals surface area contributed by atoms with Gasteiger partial charge in [0.1, 0.15) is 12.4 Å². The molecule has 1 aromatic carbocycles. The number of nitrogens with one attached hydrogen (secondary N) is 1. The Labute approximate surface area is 123 Å². The fourth-order valence-corrected chi connectivity index (χ4v) is 2.33. The molecule has 0 radical (unpaired) electrons. The lowest BCUT2D eigenvalue weighted by Crippen LogP contribution is -2.13. The second-order valence-electron chi connectivity index (χ2n) is 4.47. The normalized spacial score (nSPS) is 11.1. The van der Waals surface area contributed by atoms with Crippen molar-refractivity contribution >= 4 is 15.7 Å². The first-order valence-electron chi connectivity index (χ1n) is 6.09. The number of amidine groups is 1. The van der Waals surface area contributed by atoms with E-state index in [1.54, 1.807) is 30.5 Å². The monoisotopic (exact) mass is 305 g/mol. The molecular weight excluding hydrogens is 290 g/mol. The SMILES string of the molecule is CS(=O)(=O)c1ccc(COc2ncccc2C(=N)N)cc1. The van der Waals surface area contributed by atoms with E-state index in [9.17, 15) is 8.42 Å². The number of nitrogen functional groups attached to an aromatic ring is 1. The third kappa shape index (κ3) is 3.79. The second-order valence-corrected chi connectivity index (χ2v) is 6.49. The first-order chi connectivity index (χ1) is 9.88. The summed E-state index contributed by atoms with van der Waals surface area (Å²) in [4.78, 5) is 4.29. The molecule has 0 amide bonds. The van der Waals surface area contributed by atoms with Crippen LogP contribution in [-0.4, -0.2) is 25.5 Å². The quantitative estimate of drug-likeness (QED) is 0.640. The first kappa shape index (κ1) is 15.0. The predicted octanol–water partition coefficient (Wildman–Crippen LogP) is 1.35. The lowest BCUT2D eigenvalue weighted by molar-refractivity contribution is 0.293. The molecule has 7 heteroatoms. The summed E-state index contributed by atoms with van der Waals surface area (Å²) in [5.74, 6) is 0.155. The van der Waals surface area contributed by atoms with Gasteiger partial charge in [-0.05, 0) is 29.8 Å². The Morgan fingerprint density at radius 2 is 1.95 bits per heavy atom. The van der Waals surface area contributed by atoms with Gasteiger partial charge in [0.2, 0.25) is 5.88 Å². The van der Waals surface area contributed by atoms with Gasteiger partial charge in [0, 0.05) is 12.5 Å². The van der Waals surface area contributed by atoms with E-state index >= 15 is 0 Å². The van der Waals surface area contributed by atoms with Gasteiger partial charge in [-0.3, -0.25) is 5.41 Å². The number of pyridine rings is 1. The number of ether oxygens (including phenoxy) is 1. The molecule has 0 saturated heterocycles. The van der Waals surface area contributed by atoms with Gasteiger partial charge in [-0.2, -0.15) is 0 Å². The zero-order valence-corrected chi connectivity index (χ0v) is 12.2. The molecule has 0 bridgehead atoms. The summed E-state index contributed by atoms with van der Waals surface area (Å²) in [5.41, 5.74) is 6.66. The molecular formula is C14H15N3O3S. The van der Waals surface area contributed by atoms with Crippen LogP contribution in [-0.2, 0) is 16.4 Å². The van der Waals surface area contributed by atoms with E-state index in [0.717, 1.165) is 11.8 Å². The van der Waals surface area contributed by atoms with Gasteiger partial charge >= 0.3 is 0 Å². The lowest BCUT2D eigenvalue weighted by atomic mass is 10.2. The molecule has 1 heterocycles. The zero-order chi connectivity index (χ0) is 15.5. The predicted molar refractivity (Wildman–Crippen MR) is 79.1 cm³/mol. The van der Waals surface area contributed by atoms with Crippen LogP contribution in [0, 0.1) is 5.41 Å². The molecule has 0 atom stereocenters. The summed E-state index contributed by atoms with van der Waals surface area (Å²) in [7, 11) is -3.20. The molecule has 21 heavy (non-hydrogen) atoms. The Hall–Kier alpha value is -2.41.